The van der Waals surface area contributed by atoms with Gasteiger partial charge in [-0.3, -0.25) is 0 Å². The smallest absolute Gasteiger partial charge is 0.250 e. The second kappa shape index (κ2) is 8.75. The van der Waals surface area contributed by atoms with Crippen molar-refractivity contribution in [2.24, 2.45) is 0 Å². The van der Waals surface area contributed by atoms with Gasteiger partial charge in [0.05, 0.1) is 38.1 Å². The number of ether oxygens (including phenoxy) is 3. The van der Waals surface area contributed by atoms with Gasteiger partial charge in [-0.25, -0.2) is 23.1 Å². The summed E-state index contributed by atoms with van der Waals surface area (Å²) in [5.74, 6) is 1.16. The summed E-state index contributed by atoms with van der Waals surface area (Å²) >= 11 is 1.17. The van der Waals surface area contributed by atoms with Crippen molar-refractivity contribution in [3.8, 4) is 17.0 Å². The van der Waals surface area contributed by atoms with Gasteiger partial charge < -0.3 is 19.5 Å². The Kier molecular flexibility index (Phi) is 5.82. The van der Waals surface area contributed by atoms with E-state index in [1.165, 1.54) is 11.3 Å². The molecule has 4 atom stereocenters. The fourth-order valence-corrected chi connectivity index (χ4v) is 6.24. The number of rotatable bonds is 7. The van der Waals surface area contributed by atoms with Crippen LogP contribution in [-0.2, 0) is 19.5 Å². The number of aromatic nitrogens is 2. The van der Waals surface area contributed by atoms with Crippen LogP contribution in [0.5, 0.6) is 5.75 Å². The van der Waals surface area contributed by atoms with Crippen LogP contribution in [0.1, 0.15) is 0 Å². The van der Waals surface area contributed by atoms with Crippen molar-refractivity contribution < 1.29 is 22.6 Å². The van der Waals surface area contributed by atoms with Crippen molar-refractivity contribution in [2.45, 2.75) is 28.5 Å². The zero-order chi connectivity index (χ0) is 22.1. The number of hydrogen-bond acceptors (Lipinski definition) is 9. The molecular weight excluding hydrogens is 452 g/mol. The molecule has 2 aliphatic rings. The predicted octanol–water partition coefficient (Wildman–Crippen LogP) is 2.14. The maximum Gasteiger partial charge on any atom is 0.250 e. The zero-order valence-electron chi connectivity index (χ0n) is 17.2. The van der Waals surface area contributed by atoms with E-state index in [0.717, 1.165) is 17.0 Å². The average molecular weight is 475 g/mol. The lowest BCUT2D eigenvalue weighted by Crippen LogP contribution is -2.44. The third-order valence-electron chi connectivity index (χ3n) is 5.47. The van der Waals surface area contributed by atoms with Gasteiger partial charge >= 0.3 is 0 Å². The number of fused-ring (bicyclic) bond motifs is 1. The summed E-state index contributed by atoms with van der Waals surface area (Å²) in [5.41, 5.74) is 1.59. The molecule has 2 aromatic heterocycles. The van der Waals surface area contributed by atoms with Crippen molar-refractivity contribution in [2.75, 3.05) is 25.6 Å². The molecule has 32 heavy (non-hydrogen) atoms. The number of methoxy groups -OCH3 is 1. The molecule has 2 N–H and O–H groups in total. The summed E-state index contributed by atoms with van der Waals surface area (Å²) < 4.78 is 45.4. The van der Waals surface area contributed by atoms with Crippen molar-refractivity contribution in [3.05, 3.63) is 54.0 Å². The molecule has 168 valence electrons. The van der Waals surface area contributed by atoms with Gasteiger partial charge in [0, 0.05) is 11.8 Å². The molecule has 9 nitrogen and oxygen atoms in total. The van der Waals surface area contributed by atoms with Crippen LogP contribution in [-0.4, -0.2) is 63.0 Å². The topological polar surface area (TPSA) is 112 Å². The summed E-state index contributed by atoms with van der Waals surface area (Å²) in [5, 5.41) is 5.01. The Hall–Kier alpha value is -2.57. The minimum Gasteiger partial charge on any atom is -0.496 e. The molecule has 2 fully saturated rings. The van der Waals surface area contributed by atoms with E-state index < -0.39 is 16.1 Å². The van der Waals surface area contributed by atoms with E-state index in [1.54, 1.807) is 30.8 Å². The molecule has 0 saturated carbocycles. The van der Waals surface area contributed by atoms with Crippen LogP contribution >= 0.6 is 11.3 Å². The maximum absolute atomic E-state index is 12.6. The van der Waals surface area contributed by atoms with Gasteiger partial charge in [-0.1, -0.05) is 18.2 Å². The molecule has 0 unspecified atom stereocenters. The Morgan fingerprint density at radius 3 is 2.62 bits per heavy atom. The van der Waals surface area contributed by atoms with E-state index in [2.05, 4.69) is 20.0 Å². The number of nitrogens with zero attached hydrogens (tertiary/aromatic N) is 2. The van der Waals surface area contributed by atoms with Gasteiger partial charge in [0.1, 0.15) is 22.2 Å². The van der Waals surface area contributed by atoms with E-state index in [1.807, 2.05) is 30.3 Å². The van der Waals surface area contributed by atoms with Crippen LogP contribution in [0, 0.1) is 0 Å². The molecule has 4 heterocycles. The lowest BCUT2D eigenvalue weighted by molar-refractivity contribution is 0.0690. The standard InChI is InChI=1S/C21H22N4O5S2/c1-28-17-6-3-2-5-13(17)14-8-9-22-21(23-14)24-15-11-29-20-16(12-30-19(15)20)25-32(26,27)18-7-4-10-31-18/h2-10,15-16,19-20,25H,11-12H2,1H3,(H,22,23,24)/t15-,16-,19+,20+/m0/s1. The number of nitrogens with one attached hydrogen (secondary N) is 2. The van der Waals surface area contributed by atoms with Crippen LogP contribution in [0.2, 0.25) is 0 Å². The number of benzene rings is 1. The number of para-hydroxylation sites is 1. The molecule has 2 aliphatic heterocycles. The van der Waals surface area contributed by atoms with E-state index in [-0.39, 0.29) is 29.1 Å². The maximum atomic E-state index is 12.6. The highest BCUT2D eigenvalue weighted by molar-refractivity contribution is 7.91. The normalized spacial score (nSPS) is 24.9. The van der Waals surface area contributed by atoms with Crippen molar-refractivity contribution >= 4 is 27.3 Å². The van der Waals surface area contributed by atoms with Crippen LogP contribution in [0.3, 0.4) is 0 Å². The highest BCUT2D eigenvalue weighted by atomic mass is 32.2. The van der Waals surface area contributed by atoms with Gasteiger partial charge in [0.25, 0.3) is 0 Å². The fourth-order valence-electron chi connectivity index (χ4n) is 4.00. The first-order valence-electron chi connectivity index (χ1n) is 10.1. The molecule has 0 amide bonds. The molecular formula is C21H22N4O5S2. The number of anilines is 1. The Morgan fingerprint density at radius 2 is 1.84 bits per heavy atom. The predicted molar refractivity (Wildman–Crippen MR) is 119 cm³/mol. The van der Waals surface area contributed by atoms with Crippen LogP contribution in [0.4, 0.5) is 5.95 Å². The molecule has 11 heteroatoms. The monoisotopic (exact) mass is 474 g/mol. The molecule has 0 aliphatic carbocycles. The minimum absolute atomic E-state index is 0.204. The van der Waals surface area contributed by atoms with Gasteiger partial charge in [-0.15, -0.1) is 11.3 Å². The van der Waals surface area contributed by atoms with Crippen molar-refractivity contribution in [3.63, 3.8) is 0 Å². The Morgan fingerprint density at radius 1 is 1.06 bits per heavy atom. The highest BCUT2D eigenvalue weighted by Gasteiger charge is 2.49. The van der Waals surface area contributed by atoms with E-state index in [4.69, 9.17) is 14.2 Å². The Bertz CT molecular complexity index is 1190. The van der Waals surface area contributed by atoms with E-state index in [9.17, 15) is 8.42 Å². The molecule has 5 rings (SSSR count). The highest BCUT2D eigenvalue weighted by Crippen LogP contribution is 2.31. The van der Waals surface area contributed by atoms with Crippen molar-refractivity contribution in [1.29, 1.82) is 0 Å². The van der Waals surface area contributed by atoms with E-state index in [0.29, 0.717) is 12.6 Å². The van der Waals surface area contributed by atoms with Crippen LogP contribution in [0.25, 0.3) is 11.3 Å². The summed E-state index contributed by atoms with van der Waals surface area (Å²) in [4.78, 5) is 8.94. The minimum atomic E-state index is -3.61. The van der Waals surface area contributed by atoms with Gasteiger partial charge in [0.15, 0.2) is 0 Å². The SMILES string of the molecule is COc1ccccc1-c1ccnc(N[C@H]2CO[C@H]3[C@@H]2OC[C@@H]3NS(=O)(=O)c2cccs2)n1. The fraction of sp³-hybridized carbons (Fsp3) is 0.333. The summed E-state index contributed by atoms with van der Waals surface area (Å²) in [6.07, 6.45) is 0.974. The second-order valence-electron chi connectivity index (χ2n) is 7.47. The molecule has 2 saturated heterocycles. The Balaban J connectivity index is 1.28. The molecule has 0 radical (unpaired) electrons. The average Bonchev–Trinajstić information content (AvgIpc) is 3.55. The number of sulfonamides is 1. The first-order valence-corrected chi connectivity index (χ1v) is 12.4. The molecule has 0 spiro atoms. The van der Waals surface area contributed by atoms with E-state index >= 15 is 0 Å². The summed E-state index contributed by atoms with van der Waals surface area (Å²) in [6, 6.07) is 12.1. The molecule has 3 aromatic rings. The second-order valence-corrected chi connectivity index (χ2v) is 10.4. The lowest BCUT2D eigenvalue weighted by Gasteiger charge is -2.18. The van der Waals surface area contributed by atoms with Crippen LogP contribution < -0.4 is 14.8 Å². The zero-order valence-corrected chi connectivity index (χ0v) is 18.8. The largest absolute Gasteiger partial charge is 0.496 e. The summed E-state index contributed by atoms with van der Waals surface area (Å²) in [6.45, 7) is 0.592. The van der Waals surface area contributed by atoms with Gasteiger partial charge in [0.2, 0.25) is 16.0 Å². The third kappa shape index (κ3) is 4.09. The number of hydrogen-bond donors (Lipinski definition) is 2. The third-order valence-corrected chi connectivity index (χ3v) is 8.36. The molecule has 1 aromatic carbocycles. The lowest BCUT2D eigenvalue weighted by atomic mass is 10.1. The quantitative estimate of drug-likeness (QED) is 0.536. The van der Waals surface area contributed by atoms with Crippen molar-refractivity contribution in [1.82, 2.24) is 14.7 Å². The van der Waals surface area contributed by atoms with Crippen LogP contribution in [0.15, 0.2) is 58.3 Å². The van der Waals surface area contributed by atoms with Gasteiger partial charge in [-0.2, -0.15) is 0 Å². The van der Waals surface area contributed by atoms with Gasteiger partial charge in [-0.05, 0) is 29.6 Å². The number of thiophene rings is 1. The summed E-state index contributed by atoms with van der Waals surface area (Å²) in [7, 11) is -1.99. The molecule has 0 bridgehead atoms. The first-order chi connectivity index (χ1) is 15.5. The first kappa shape index (κ1) is 21.3. The Labute approximate surface area is 189 Å².